The van der Waals surface area contributed by atoms with E-state index >= 15 is 0 Å². The maximum Gasteiger partial charge on any atom is 0.403 e. The highest BCUT2D eigenvalue weighted by molar-refractivity contribution is 7.80. The minimum absolute atomic E-state index is 0.0203. The highest BCUT2D eigenvalue weighted by atomic mass is 32.1. The van der Waals surface area contributed by atoms with Crippen LogP contribution in [0.5, 0.6) is 0 Å². The van der Waals surface area contributed by atoms with E-state index in [1.54, 1.807) is 5.09 Å². The SMILES string of the molecule is N[C@@H](CCC(=O)N(C(=S)Nc1ccc(CC(CNC(CCN(CC(=O)O)CC(=O)O)C(=O)O)N(CC(=O)O)CC(=O)O)cc1)[C@@H](COP(=O)(O)N[C@@H](CCC(=O)O)C(=O)O)C(=O)O)C(=O)O. The lowest BCUT2D eigenvalue weighted by molar-refractivity contribution is -0.148. The average molecular weight is 984 g/mol. The predicted octanol–water partition coefficient (Wildman–Crippen LogP) is -2.83. The molecule has 1 rings (SSSR count). The van der Waals surface area contributed by atoms with Gasteiger partial charge in [0.1, 0.15) is 18.1 Å². The lowest BCUT2D eigenvalue weighted by atomic mass is 10.0. The Morgan fingerprint density at radius 1 is 0.682 bits per heavy atom. The molecule has 0 heterocycles. The van der Waals surface area contributed by atoms with Gasteiger partial charge in [-0.1, -0.05) is 12.1 Å². The van der Waals surface area contributed by atoms with Crippen LogP contribution in [0.4, 0.5) is 5.69 Å². The fourth-order valence-corrected chi connectivity index (χ4v) is 7.19. The van der Waals surface area contributed by atoms with Crippen molar-refractivity contribution >= 4 is 90.4 Å². The lowest BCUT2D eigenvalue weighted by Gasteiger charge is -2.31. The van der Waals surface area contributed by atoms with Crippen LogP contribution in [-0.4, -0.2) is 206 Å². The van der Waals surface area contributed by atoms with Crippen LogP contribution in [-0.2, 0) is 63.5 Å². The summed E-state index contributed by atoms with van der Waals surface area (Å²) in [5.74, 6) is -15.0. The molecule has 0 aromatic heterocycles. The van der Waals surface area contributed by atoms with E-state index in [-0.39, 0.29) is 31.6 Å². The minimum atomic E-state index is -5.27. The number of nitrogens with two attached hydrogens (primary N) is 1. The number of aliphatic carboxylic acids is 9. The number of benzene rings is 1. The van der Waals surface area contributed by atoms with E-state index in [2.05, 4.69) is 10.6 Å². The molecule has 0 radical (unpaired) electrons. The van der Waals surface area contributed by atoms with E-state index in [9.17, 15) is 88.0 Å². The largest absolute Gasteiger partial charge is 0.481 e. The van der Waals surface area contributed by atoms with Crippen molar-refractivity contribution in [3.05, 3.63) is 29.8 Å². The topological polar surface area (TPSA) is 471 Å². The van der Waals surface area contributed by atoms with Crippen molar-refractivity contribution in [3.8, 4) is 0 Å². The van der Waals surface area contributed by atoms with E-state index in [1.165, 1.54) is 24.3 Å². The Labute approximate surface area is 378 Å². The fourth-order valence-electron chi connectivity index (χ4n) is 5.80. The van der Waals surface area contributed by atoms with Gasteiger partial charge in [0.2, 0.25) is 5.91 Å². The normalized spacial score (nSPS) is 14.4. The van der Waals surface area contributed by atoms with Crippen molar-refractivity contribution < 1.29 is 108 Å². The van der Waals surface area contributed by atoms with Gasteiger partial charge in [0, 0.05) is 37.7 Å². The third kappa shape index (κ3) is 22.6. The molecule has 0 saturated heterocycles. The van der Waals surface area contributed by atoms with Crippen molar-refractivity contribution in [3.63, 3.8) is 0 Å². The van der Waals surface area contributed by atoms with E-state index in [0.717, 1.165) is 9.80 Å². The molecule has 3 unspecified atom stereocenters. The number of nitrogens with zero attached hydrogens (tertiary/aromatic N) is 3. The van der Waals surface area contributed by atoms with Crippen LogP contribution < -0.4 is 21.5 Å². The molecular formula is C35H50N7O22PS. The summed E-state index contributed by atoms with van der Waals surface area (Å²) >= 11 is 5.32. The van der Waals surface area contributed by atoms with E-state index < -0.39 is 161 Å². The number of carbonyl (C=O) groups is 10. The number of hydrogen-bond donors (Lipinski definition) is 14. The zero-order valence-corrected chi connectivity index (χ0v) is 36.2. The maximum atomic E-state index is 13.5. The number of hydrogen-bond acceptors (Lipinski definition) is 17. The molecule has 0 aliphatic carbocycles. The van der Waals surface area contributed by atoms with Gasteiger partial charge in [-0.25, -0.2) is 14.4 Å². The van der Waals surface area contributed by atoms with Gasteiger partial charge in [-0.15, -0.1) is 0 Å². The number of carboxylic acid groups (broad SMARTS) is 9. The molecule has 368 valence electrons. The van der Waals surface area contributed by atoms with Gasteiger partial charge in [0.25, 0.3) is 0 Å². The maximum absolute atomic E-state index is 13.5. The molecule has 0 aliphatic rings. The Balaban J connectivity index is 3.48. The molecule has 0 aliphatic heterocycles. The van der Waals surface area contributed by atoms with Crippen LogP contribution in [0, 0.1) is 0 Å². The summed E-state index contributed by atoms with van der Waals surface area (Å²) < 4.78 is 17.6. The number of amides is 1. The van der Waals surface area contributed by atoms with Crippen LogP contribution in [0.2, 0.25) is 0 Å². The Morgan fingerprint density at radius 3 is 1.67 bits per heavy atom. The molecule has 0 bridgehead atoms. The van der Waals surface area contributed by atoms with Crippen molar-refractivity contribution in [1.82, 2.24) is 25.1 Å². The lowest BCUT2D eigenvalue weighted by Crippen LogP contribution is -2.53. The average Bonchev–Trinajstić information content (AvgIpc) is 3.18. The highest BCUT2D eigenvalue weighted by Gasteiger charge is 2.37. The third-order valence-electron chi connectivity index (χ3n) is 8.96. The quantitative estimate of drug-likeness (QED) is 0.0244. The van der Waals surface area contributed by atoms with Crippen LogP contribution >= 0.6 is 20.0 Å². The molecule has 15 N–H and O–H groups in total. The van der Waals surface area contributed by atoms with Crippen molar-refractivity contribution in [2.45, 2.75) is 68.7 Å². The zero-order valence-electron chi connectivity index (χ0n) is 34.5. The summed E-state index contributed by atoms with van der Waals surface area (Å²) in [6, 6.07) is -3.01. The summed E-state index contributed by atoms with van der Waals surface area (Å²) in [6.45, 7) is -5.19. The van der Waals surface area contributed by atoms with Gasteiger partial charge in [-0.2, -0.15) is 0 Å². The molecular weight excluding hydrogens is 933 g/mol. The van der Waals surface area contributed by atoms with Crippen LogP contribution in [0.3, 0.4) is 0 Å². The summed E-state index contributed by atoms with van der Waals surface area (Å²) in [5, 5.41) is 90.9. The van der Waals surface area contributed by atoms with Gasteiger partial charge < -0.3 is 67.2 Å². The Hall–Kier alpha value is -6.24. The van der Waals surface area contributed by atoms with Crippen molar-refractivity contribution in [1.29, 1.82) is 0 Å². The molecule has 0 saturated carbocycles. The first-order valence-electron chi connectivity index (χ1n) is 19.0. The minimum Gasteiger partial charge on any atom is -0.481 e. The number of thiocarbonyl (C=S) groups is 1. The molecule has 66 heavy (non-hydrogen) atoms. The summed E-state index contributed by atoms with van der Waals surface area (Å²) in [6.07, 6.45) is -3.29. The summed E-state index contributed by atoms with van der Waals surface area (Å²) in [5.41, 5.74) is 5.86. The van der Waals surface area contributed by atoms with E-state index in [4.69, 9.17) is 37.8 Å². The van der Waals surface area contributed by atoms with Gasteiger partial charge in [0.15, 0.2) is 11.2 Å². The van der Waals surface area contributed by atoms with E-state index in [1.807, 2.05) is 0 Å². The standard InChI is InChI=1S/C35H50N7O22PS/c36-21(31(54)55)5-7-25(43)42(24(34(60)61)17-64-65(62,63)39-23(33(58)59)6-8-26(44)45)35(66)38-19-3-1-18(2-4-19)11-20(41(15-29(50)51)16-30(52)53)12-37-22(32(56)57)9-10-40(13-27(46)47)14-28(48)49/h1-4,20-24,37H,5-17,36H2,(H,38,66)(H,44,45)(H,46,47)(H,48,49)(H,50,51)(H,52,53)(H,54,55)(H,56,57)(H,58,59)(H,60,61)(H2,39,62,63)/t20?,21-,22?,23-,24-/m0/s1. The van der Waals surface area contributed by atoms with E-state index in [0.29, 0.717) is 10.5 Å². The van der Waals surface area contributed by atoms with Gasteiger partial charge in [-0.3, -0.25) is 62.4 Å². The van der Waals surface area contributed by atoms with Gasteiger partial charge in [-0.05, 0) is 55.6 Å². The number of carbonyl (C=O) groups excluding carboxylic acids is 1. The molecule has 6 atom stereocenters. The summed E-state index contributed by atoms with van der Waals surface area (Å²) in [7, 11) is -5.27. The molecule has 31 heteroatoms. The first-order chi connectivity index (χ1) is 30.6. The second kappa shape index (κ2) is 27.9. The van der Waals surface area contributed by atoms with Crippen molar-refractivity contribution in [2.24, 2.45) is 5.73 Å². The van der Waals surface area contributed by atoms with Gasteiger partial charge >= 0.3 is 61.5 Å². The predicted molar refractivity (Wildman–Crippen MR) is 223 cm³/mol. The number of anilines is 1. The second-order valence-corrected chi connectivity index (χ2v) is 16.1. The Bertz CT molecular complexity index is 1960. The number of nitrogens with one attached hydrogen (secondary N) is 3. The summed E-state index contributed by atoms with van der Waals surface area (Å²) in [4.78, 5) is 130. The molecule has 29 nitrogen and oxygen atoms in total. The van der Waals surface area contributed by atoms with Crippen LogP contribution in [0.1, 0.15) is 37.7 Å². The van der Waals surface area contributed by atoms with Crippen LogP contribution in [0.15, 0.2) is 24.3 Å². The molecule has 0 fully saturated rings. The third-order valence-corrected chi connectivity index (χ3v) is 10.4. The Kier molecular flexibility index (Phi) is 24.5. The molecule has 1 aromatic carbocycles. The first kappa shape index (κ1) is 57.8. The fraction of sp³-hybridized carbons (Fsp3) is 0.514. The molecule has 1 amide bonds. The second-order valence-electron chi connectivity index (χ2n) is 14.1. The number of rotatable bonds is 34. The van der Waals surface area contributed by atoms with Gasteiger partial charge in [0.05, 0.1) is 32.8 Å². The molecule has 0 spiro atoms. The monoisotopic (exact) mass is 983 g/mol. The number of carboxylic acids is 9. The zero-order chi connectivity index (χ0) is 50.5. The first-order valence-corrected chi connectivity index (χ1v) is 21.0. The Morgan fingerprint density at radius 2 is 1.21 bits per heavy atom. The van der Waals surface area contributed by atoms with Crippen molar-refractivity contribution in [2.75, 3.05) is 51.2 Å². The smallest absolute Gasteiger partial charge is 0.403 e. The molecule has 1 aromatic rings. The van der Waals surface area contributed by atoms with Crippen LogP contribution in [0.25, 0.3) is 0 Å². The highest BCUT2D eigenvalue weighted by Crippen LogP contribution is 2.38.